The molecular formula is C13H16ClFO2. The average molecular weight is 259 g/mol. The van der Waals surface area contributed by atoms with Gasteiger partial charge >= 0.3 is 0 Å². The van der Waals surface area contributed by atoms with E-state index in [2.05, 4.69) is 0 Å². The Kier molecular flexibility index (Phi) is 3.71. The van der Waals surface area contributed by atoms with Crippen LogP contribution in [0, 0.1) is 5.82 Å². The maximum atomic E-state index is 13.6. The van der Waals surface area contributed by atoms with Crippen LogP contribution in [0.3, 0.4) is 0 Å². The molecule has 0 saturated heterocycles. The van der Waals surface area contributed by atoms with Gasteiger partial charge in [-0.1, -0.05) is 17.7 Å². The Balaban J connectivity index is 2.11. The fourth-order valence-corrected chi connectivity index (χ4v) is 2.46. The van der Waals surface area contributed by atoms with Crippen molar-refractivity contribution in [2.45, 2.75) is 37.4 Å². The van der Waals surface area contributed by atoms with Crippen LogP contribution >= 0.6 is 11.6 Å². The topological polar surface area (TPSA) is 29.5 Å². The second-order valence-corrected chi connectivity index (χ2v) is 5.06. The second kappa shape index (κ2) is 4.92. The van der Waals surface area contributed by atoms with E-state index in [-0.39, 0.29) is 11.2 Å². The first-order valence-corrected chi connectivity index (χ1v) is 6.12. The summed E-state index contributed by atoms with van der Waals surface area (Å²) in [6.45, 7) is 0. The molecule has 2 nitrogen and oxygen atoms in total. The van der Waals surface area contributed by atoms with Crippen LogP contribution in [0.2, 0.25) is 5.02 Å². The van der Waals surface area contributed by atoms with Crippen LogP contribution in [0.1, 0.15) is 37.4 Å². The van der Waals surface area contributed by atoms with Crippen molar-refractivity contribution in [3.05, 3.63) is 34.6 Å². The third-order valence-electron chi connectivity index (χ3n) is 3.58. The summed E-state index contributed by atoms with van der Waals surface area (Å²) in [5, 5.41) is 10.4. The van der Waals surface area contributed by atoms with E-state index in [1.807, 2.05) is 0 Å². The van der Waals surface area contributed by atoms with Crippen molar-refractivity contribution < 1.29 is 14.2 Å². The van der Waals surface area contributed by atoms with Gasteiger partial charge in [-0.25, -0.2) is 4.39 Å². The van der Waals surface area contributed by atoms with Crippen LogP contribution in [-0.2, 0) is 4.74 Å². The van der Waals surface area contributed by atoms with Crippen molar-refractivity contribution in [1.29, 1.82) is 0 Å². The van der Waals surface area contributed by atoms with Gasteiger partial charge in [-0.05, 0) is 31.4 Å². The van der Waals surface area contributed by atoms with Crippen LogP contribution < -0.4 is 0 Å². The van der Waals surface area contributed by atoms with Gasteiger partial charge in [0.1, 0.15) is 5.82 Å². The summed E-state index contributed by atoms with van der Waals surface area (Å²) >= 11 is 5.67. The number of rotatable bonds is 4. The molecular weight excluding hydrogens is 243 g/mol. The molecule has 0 amide bonds. The highest BCUT2D eigenvalue weighted by Gasteiger charge is 2.39. The molecule has 0 bridgehead atoms. The summed E-state index contributed by atoms with van der Waals surface area (Å²) in [7, 11) is 1.64. The van der Waals surface area contributed by atoms with Crippen molar-refractivity contribution >= 4 is 11.6 Å². The van der Waals surface area contributed by atoms with Gasteiger partial charge in [0.25, 0.3) is 0 Å². The Morgan fingerprint density at radius 2 is 2.24 bits per heavy atom. The Morgan fingerprint density at radius 1 is 1.53 bits per heavy atom. The lowest BCUT2D eigenvalue weighted by molar-refractivity contribution is -0.100. The van der Waals surface area contributed by atoms with Gasteiger partial charge in [0.15, 0.2) is 0 Å². The van der Waals surface area contributed by atoms with Crippen molar-refractivity contribution in [3.63, 3.8) is 0 Å². The minimum absolute atomic E-state index is 0.272. The molecule has 0 aliphatic heterocycles. The number of aliphatic hydroxyl groups is 1. The van der Waals surface area contributed by atoms with E-state index in [1.54, 1.807) is 13.2 Å². The number of aliphatic hydroxyl groups excluding tert-OH is 1. The normalized spacial score (nSPS) is 19.8. The van der Waals surface area contributed by atoms with E-state index in [4.69, 9.17) is 16.3 Å². The zero-order valence-corrected chi connectivity index (χ0v) is 10.5. The van der Waals surface area contributed by atoms with Crippen molar-refractivity contribution in [3.8, 4) is 0 Å². The highest BCUT2D eigenvalue weighted by molar-refractivity contribution is 6.30. The van der Waals surface area contributed by atoms with Crippen molar-refractivity contribution in [2.75, 3.05) is 7.11 Å². The average Bonchev–Trinajstić information content (AvgIpc) is 2.23. The highest BCUT2D eigenvalue weighted by atomic mass is 35.5. The predicted octanol–water partition coefficient (Wildman–Crippen LogP) is 3.47. The molecule has 0 spiro atoms. The van der Waals surface area contributed by atoms with E-state index in [1.165, 1.54) is 12.1 Å². The molecule has 0 aromatic heterocycles. The maximum absolute atomic E-state index is 13.6. The molecule has 0 heterocycles. The lowest BCUT2D eigenvalue weighted by atomic mass is 9.75. The minimum Gasteiger partial charge on any atom is -0.388 e. The first kappa shape index (κ1) is 12.8. The van der Waals surface area contributed by atoms with Gasteiger partial charge in [0, 0.05) is 24.1 Å². The molecule has 2 rings (SSSR count). The van der Waals surface area contributed by atoms with Gasteiger partial charge in [-0.3, -0.25) is 0 Å². The summed E-state index contributed by atoms with van der Waals surface area (Å²) in [5.41, 5.74) is 0.0172. The largest absolute Gasteiger partial charge is 0.388 e. The molecule has 1 saturated carbocycles. The molecule has 1 unspecified atom stereocenters. The summed E-state index contributed by atoms with van der Waals surface area (Å²) in [5.74, 6) is -0.462. The molecule has 1 aromatic rings. The van der Waals surface area contributed by atoms with E-state index >= 15 is 0 Å². The van der Waals surface area contributed by atoms with Gasteiger partial charge < -0.3 is 9.84 Å². The van der Waals surface area contributed by atoms with Gasteiger partial charge in [-0.15, -0.1) is 0 Å². The summed E-state index contributed by atoms with van der Waals surface area (Å²) < 4.78 is 19.0. The molecule has 1 aliphatic carbocycles. The molecule has 1 aromatic carbocycles. The lowest BCUT2D eigenvalue weighted by Gasteiger charge is -2.41. The van der Waals surface area contributed by atoms with E-state index < -0.39 is 11.9 Å². The van der Waals surface area contributed by atoms with Crippen LogP contribution in [-0.4, -0.2) is 17.8 Å². The molecule has 17 heavy (non-hydrogen) atoms. The molecule has 1 atom stereocenters. The smallest absolute Gasteiger partial charge is 0.130 e. The summed E-state index contributed by atoms with van der Waals surface area (Å²) in [6, 6.07) is 4.34. The molecule has 4 heteroatoms. The van der Waals surface area contributed by atoms with Gasteiger partial charge in [0.2, 0.25) is 0 Å². The third-order valence-corrected chi connectivity index (χ3v) is 3.82. The Bertz CT molecular complexity index is 399. The van der Waals surface area contributed by atoms with Crippen LogP contribution in [0.25, 0.3) is 0 Å². The zero-order valence-electron chi connectivity index (χ0n) is 9.75. The van der Waals surface area contributed by atoms with Gasteiger partial charge in [-0.2, -0.15) is 0 Å². The van der Waals surface area contributed by atoms with Crippen LogP contribution in [0.5, 0.6) is 0 Å². The standard InChI is InChI=1S/C13H16ClFO2/c1-17-13(5-2-6-13)8-12(16)10-4-3-9(14)7-11(10)15/h3-4,7,12,16H,2,5-6,8H2,1H3. The molecule has 94 valence electrons. The summed E-state index contributed by atoms with van der Waals surface area (Å²) in [4.78, 5) is 0. The second-order valence-electron chi connectivity index (χ2n) is 4.63. The Morgan fingerprint density at radius 3 is 2.71 bits per heavy atom. The number of hydrogen-bond acceptors (Lipinski definition) is 2. The van der Waals surface area contributed by atoms with Crippen molar-refractivity contribution in [2.24, 2.45) is 0 Å². The van der Waals surface area contributed by atoms with E-state index in [9.17, 15) is 9.50 Å². The van der Waals surface area contributed by atoms with Crippen LogP contribution in [0.4, 0.5) is 4.39 Å². The maximum Gasteiger partial charge on any atom is 0.130 e. The summed E-state index contributed by atoms with van der Waals surface area (Å²) in [6.07, 6.45) is 2.55. The Labute approximate surface area is 105 Å². The highest BCUT2D eigenvalue weighted by Crippen LogP contribution is 2.42. The Hall–Kier alpha value is -0.640. The minimum atomic E-state index is -0.840. The lowest BCUT2D eigenvalue weighted by Crippen LogP contribution is -2.40. The van der Waals surface area contributed by atoms with Crippen LogP contribution in [0.15, 0.2) is 18.2 Å². The molecule has 0 radical (unpaired) electrons. The predicted molar refractivity (Wildman–Crippen MR) is 64.6 cm³/mol. The number of halogens is 2. The zero-order chi connectivity index (χ0) is 12.5. The third kappa shape index (κ3) is 2.62. The molecule has 1 aliphatic rings. The van der Waals surface area contributed by atoms with E-state index in [0.29, 0.717) is 11.4 Å². The first-order valence-electron chi connectivity index (χ1n) is 5.74. The molecule has 1 fully saturated rings. The van der Waals surface area contributed by atoms with Gasteiger partial charge in [0.05, 0.1) is 11.7 Å². The quantitative estimate of drug-likeness (QED) is 0.896. The SMILES string of the molecule is COC1(CC(O)c2ccc(Cl)cc2F)CCC1. The number of benzene rings is 1. The van der Waals surface area contributed by atoms with E-state index in [0.717, 1.165) is 19.3 Å². The first-order chi connectivity index (χ1) is 8.06. The number of methoxy groups -OCH3 is 1. The number of ether oxygens (including phenoxy) is 1. The fourth-order valence-electron chi connectivity index (χ4n) is 2.30. The monoisotopic (exact) mass is 258 g/mol. The fraction of sp³-hybridized carbons (Fsp3) is 0.538. The van der Waals surface area contributed by atoms with Crippen molar-refractivity contribution in [1.82, 2.24) is 0 Å². The molecule has 1 N–H and O–H groups in total. The number of hydrogen-bond donors (Lipinski definition) is 1.